The van der Waals surface area contributed by atoms with Crippen LogP contribution in [0.15, 0.2) is 73.4 Å². The zero-order chi connectivity index (χ0) is 37.0. The molecule has 2 aliphatic rings. The van der Waals surface area contributed by atoms with E-state index in [1.165, 1.54) is 33.9 Å². The zero-order valence-corrected chi connectivity index (χ0v) is 28.9. The number of aromatic nitrogens is 4. The topological polar surface area (TPSA) is 138 Å². The van der Waals surface area contributed by atoms with Crippen molar-refractivity contribution in [1.29, 1.82) is 0 Å². The number of nitrogens with zero attached hydrogens (tertiary/aromatic N) is 6. The molecule has 1 amide bonds. The molecule has 1 unspecified atom stereocenters. The third-order valence-corrected chi connectivity index (χ3v) is 9.44. The number of rotatable bonds is 10. The lowest BCUT2D eigenvalue weighted by atomic mass is 9.76. The van der Waals surface area contributed by atoms with E-state index in [1.807, 2.05) is 35.2 Å². The van der Waals surface area contributed by atoms with Crippen LogP contribution in [0.5, 0.6) is 5.88 Å². The summed E-state index contributed by atoms with van der Waals surface area (Å²) < 4.78 is 62.2. The maximum atomic E-state index is 14.8. The Morgan fingerprint density at radius 1 is 1.08 bits per heavy atom. The van der Waals surface area contributed by atoms with Crippen LogP contribution in [-0.4, -0.2) is 75.2 Å². The predicted molar refractivity (Wildman–Crippen MR) is 187 cm³/mol. The van der Waals surface area contributed by atoms with Crippen LogP contribution in [0.3, 0.4) is 0 Å². The number of alkyl halides is 3. The first-order chi connectivity index (χ1) is 24.9. The SMILES string of the molecule is C=Cc1ccc(-n2ccc(C)n2)c([C@@H](Oc2cc(N3CCC4(CC3)CC(C(=O)OCC)N(C(=O)OCc3ccccc3)C4)nc(N)n2)C(F)(F)F)c1. The Balaban J connectivity index is 1.20. The van der Waals surface area contributed by atoms with Crippen molar-refractivity contribution in [3.63, 3.8) is 0 Å². The average Bonchev–Trinajstić information content (AvgIpc) is 3.73. The molecule has 52 heavy (non-hydrogen) atoms. The summed E-state index contributed by atoms with van der Waals surface area (Å²) in [5.74, 6) is -0.813. The summed E-state index contributed by atoms with van der Waals surface area (Å²) >= 11 is 0. The molecule has 0 bridgehead atoms. The molecule has 2 aromatic carbocycles. The molecule has 274 valence electrons. The first-order valence-corrected chi connectivity index (χ1v) is 16.9. The van der Waals surface area contributed by atoms with Crippen LogP contribution in [0.25, 0.3) is 11.8 Å². The Hall–Kier alpha value is -5.60. The summed E-state index contributed by atoms with van der Waals surface area (Å²) in [5, 5.41) is 4.31. The fraction of sp³-hybridized carbons (Fsp3) is 0.378. The molecule has 2 aliphatic heterocycles. The lowest BCUT2D eigenvalue weighted by molar-refractivity contribution is -0.198. The highest BCUT2D eigenvalue weighted by Gasteiger charge is 2.51. The summed E-state index contributed by atoms with van der Waals surface area (Å²) in [6.07, 6.45) is -3.36. The molecular weight excluding hydrogens is 679 g/mol. The van der Waals surface area contributed by atoms with Crippen molar-refractivity contribution < 1.29 is 37.0 Å². The molecule has 15 heteroatoms. The third-order valence-electron chi connectivity index (χ3n) is 9.44. The van der Waals surface area contributed by atoms with Crippen molar-refractivity contribution in [3.8, 4) is 11.6 Å². The normalized spacial score (nSPS) is 17.5. The smallest absolute Gasteiger partial charge is 0.429 e. The minimum Gasteiger partial charge on any atom is -0.464 e. The van der Waals surface area contributed by atoms with Crippen LogP contribution in [0, 0.1) is 12.3 Å². The van der Waals surface area contributed by atoms with Crippen molar-refractivity contribution in [3.05, 3.63) is 95.8 Å². The molecule has 0 radical (unpaired) electrons. The highest BCUT2D eigenvalue weighted by molar-refractivity contribution is 5.82. The second kappa shape index (κ2) is 14.9. The van der Waals surface area contributed by atoms with Crippen molar-refractivity contribution >= 4 is 29.9 Å². The molecule has 2 atom stereocenters. The number of nitrogens with two attached hydrogens (primary N) is 1. The summed E-state index contributed by atoms with van der Waals surface area (Å²) in [5.41, 5.74) is 7.52. The molecular formula is C37H40F3N7O5. The van der Waals surface area contributed by atoms with E-state index in [9.17, 15) is 22.8 Å². The van der Waals surface area contributed by atoms with Crippen molar-refractivity contribution in [1.82, 2.24) is 24.6 Å². The Morgan fingerprint density at radius 3 is 2.48 bits per heavy atom. The van der Waals surface area contributed by atoms with Gasteiger partial charge in [0.15, 0.2) is 0 Å². The number of piperidine rings is 1. The van der Waals surface area contributed by atoms with E-state index in [4.69, 9.17) is 19.9 Å². The minimum absolute atomic E-state index is 0.0607. The van der Waals surface area contributed by atoms with E-state index < -0.39 is 35.8 Å². The fourth-order valence-electron chi connectivity index (χ4n) is 6.82. The molecule has 2 N–H and O–H groups in total. The molecule has 0 aliphatic carbocycles. The van der Waals surface area contributed by atoms with Crippen LogP contribution in [0.1, 0.15) is 54.7 Å². The third kappa shape index (κ3) is 7.98. The van der Waals surface area contributed by atoms with Gasteiger partial charge in [-0.15, -0.1) is 0 Å². The molecule has 4 aromatic rings. The van der Waals surface area contributed by atoms with Crippen LogP contribution in [-0.2, 0) is 20.9 Å². The van der Waals surface area contributed by atoms with Crippen LogP contribution >= 0.6 is 0 Å². The van der Waals surface area contributed by atoms with Gasteiger partial charge in [-0.1, -0.05) is 49.1 Å². The first-order valence-electron chi connectivity index (χ1n) is 16.9. The van der Waals surface area contributed by atoms with E-state index in [0.29, 0.717) is 49.4 Å². The van der Waals surface area contributed by atoms with Crippen molar-refractivity contribution in [2.24, 2.45) is 5.41 Å². The van der Waals surface area contributed by atoms with E-state index in [0.717, 1.165) is 5.56 Å². The van der Waals surface area contributed by atoms with Gasteiger partial charge >= 0.3 is 18.2 Å². The number of esters is 1. The fourth-order valence-corrected chi connectivity index (χ4v) is 6.82. The van der Waals surface area contributed by atoms with Gasteiger partial charge < -0.3 is 24.8 Å². The monoisotopic (exact) mass is 719 g/mol. The Bertz CT molecular complexity index is 1910. The second-order valence-corrected chi connectivity index (χ2v) is 13.0. The number of halogens is 3. The summed E-state index contributed by atoms with van der Waals surface area (Å²) in [6, 6.07) is 16.0. The molecule has 2 saturated heterocycles. The van der Waals surface area contributed by atoms with Gasteiger partial charge in [0.2, 0.25) is 17.9 Å². The standard InChI is InChI=1S/C37H40F3N7O5/c1-4-25-11-12-28(47-16-13-24(3)44-47)27(19-25)32(37(38,39)40)52-31-20-30(42-34(41)43-31)45-17-14-36(15-18-45)21-29(33(48)50-5-2)46(23-36)35(49)51-22-26-9-7-6-8-10-26/h4,6-13,16,19-20,29,32H,1,5,14-15,17-18,21-23H2,2-3H3,(H2,41,42,43)/t29?,32-/m1/s1. The number of carbonyl (C=O) groups excluding carboxylic acids is 2. The molecule has 2 aromatic heterocycles. The van der Waals surface area contributed by atoms with Crippen molar-refractivity contribution in [2.45, 2.75) is 58.0 Å². The predicted octanol–water partition coefficient (Wildman–Crippen LogP) is 6.44. The van der Waals surface area contributed by atoms with Gasteiger partial charge in [0.25, 0.3) is 0 Å². The Labute approximate surface area is 299 Å². The van der Waals surface area contributed by atoms with Gasteiger partial charge in [0.05, 0.1) is 18.0 Å². The van der Waals surface area contributed by atoms with Gasteiger partial charge in [-0.05, 0) is 67.9 Å². The van der Waals surface area contributed by atoms with E-state index >= 15 is 0 Å². The van der Waals surface area contributed by atoms with Gasteiger partial charge in [-0.3, -0.25) is 4.90 Å². The number of benzene rings is 2. The molecule has 2 fully saturated rings. The largest absolute Gasteiger partial charge is 0.464 e. The summed E-state index contributed by atoms with van der Waals surface area (Å²) in [4.78, 5) is 37.9. The molecule has 4 heterocycles. The van der Waals surface area contributed by atoms with Gasteiger partial charge in [-0.25, -0.2) is 14.3 Å². The minimum atomic E-state index is -4.85. The number of hydrogen-bond donors (Lipinski definition) is 1. The number of hydrogen-bond acceptors (Lipinski definition) is 10. The highest BCUT2D eigenvalue weighted by atomic mass is 19.4. The van der Waals surface area contributed by atoms with E-state index in [1.54, 1.807) is 32.2 Å². The maximum absolute atomic E-state index is 14.8. The quantitative estimate of drug-likeness (QED) is 0.182. The summed E-state index contributed by atoms with van der Waals surface area (Å²) in [7, 11) is 0. The van der Waals surface area contributed by atoms with E-state index in [-0.39, 0.29) is 42.8 Å². The number of carbonyl (C=O) groups is 2. The second-order valence-electron chi connectivity index (χ2n) is 13.0. The zero-order valence-electron chi connectivity index (χ0n) is 28.9. The van der Waals surface area contributed by atoms with Crippen molar-refractivity contribution in [2.75, 3.05) is 36.9 Å². The van der Waals surface area contributed by atoms with Crippen LogP contribution < -0.4 is 15.4 Å². The number of nitrogen functional groups attached to an aromatic ring is 1. The molecule has 12 nitrogen and oxygen atoms in total. The molecule has 0 saturated carbocycles. The lowest BCUT2D eigenvalue weighted by Crippen LogP contribution is -2.43. The van der Waals surface area contributed by atoms with Crippen LogP contribution in [0.4, 0.5) is 29.7 Å². The summed E-state index contributed by atoms with van der Waals surface area (Å²) in [6.45, 7) is 8.51. The number of likely N-dealkylation sites (tertiary alicyclic amines) is 1. The number of anilines is 2. The van der Waals surface area contributed by atoms with Crippen LogP contribution in [0.2, 0.25) is 0 Å². The van der Waals surface area contributed by atoms with Gasteiger partial charge in [0, 0.05) is 37.5 Å². The first kappa shape index (κ1) is 36.2. The lowest BCUT2D eigenvalue weighted by Gasteiger charge is -2.39. The maximum Gasteiger partial charge on any atom is 0.429 e. The Kier molecular flexibility index (Phi) is 10.4. The number of aryl methyl sites for hydroxylation is 1. The molecule has 1 spiro atoms. The van der Waals surface area contributed by atoms with E-state index in [2.05, 4.69) is 21.6 Å². The number of amides is 1. The molecule has 6 rings (SSSR count). The number of ether oxygens (including phenoxy) is 3. The highest BCUT2D eigenvalue weighted by Crippen LogP contribution is 2.45. The Morgan fingerprint density at radius 2 is 1.83 bits per heavy atom. The van der Waals surface area contributed by atoms with Gasteiger partial charge in [0.1, 0.15) is 18.5 Å². The average molecular weight is 720 g/mol. The van der Waals surface area contributed by atoms with Gasteiger partial charge in [-0.2, -0.15) is 28.2 Å².